The van der Waals surface area contributed by atoms with E-state index in [9.17, 15) is 4.79 Å². The van der Waals surface area contributed by atoms with Crippen LogP contribution in [0.4, 0.5) is 11.7 Å². The lowest BCUT2D eigenvalue weighted by atomic mass is 10.0. The molecular weight excluding hydrogens is 428 g/mol. The fourth-order valence-electron chi connectivity index (χ4n) is 4.55. The summed E-state index contributed by atoms with van der Waals surface area (Å²) in [5, 5.41) is 17.4. The zero-order chi connectivity index (χ0) is 22.5. The molecule has 0 amide bonds. The van der Waals surface area contributed by atoms with E-state index in [4.69, 9.17) is 21.3 Å². The van der Waals surface area contributed by atoms with Crippen molar-refractivity contribution in [3.63, 3.8) is 0 Å². The predicted octanol–water partition coefficient (Wildman–Crippen LogP) is 3.43. The SMILES string of the molecule is CN(c1nnc(CC#N)o1)c1cc(Cl)ccc1CN1CCN(CC(=O)C2CCCC2)CC1. The third-order valence-corrected chi connectivity index (χ3v) is 6.67. The molecule has 0 radical (unpaired) electrons. The van der Waals surface area contributed by atoms with E-state index in [-0.39, 0.29) is 6.42 Å². The Morgan fingerprint density at radius 1 is 1.22 bits per heavy atom. The van der Waals surface area contributed by atoms with Crippen LogP contribution in [-0.2, 0) is 17.8 Å². The van der Waals surface area contributed by atoms with E-state index >= 15 is 0 Å². The number of nitrogens with zero attached hydrogens (tertiary/aromatic N) is 6. The minimum atomic E-state index is 0.0801. The van der Waals surface area contributed by atoms with Crippen LogP contribution in [0.15, 0.2) is 22.6 Å². The van der Waals surface area contributed by atoms with Crippen LogP contribution in [0.2, 0.25) is 5.02 Å². The van der Waals surface area contributed by atoms with Crippen LogP contribution >= 0.6 is 11.6 Å². The van der Waals surface area contributed by atoms with Gasteiger partial charge in [0, 0.05) is 50.7 Å². The summed E-state index contributed by atoms with van der Waals surface area (Å²) in [6.07, 6.45) is 4.63. The molecular formula is C23H29ClN6O2. The Balaban J connectivity index is 1.37. The van der Waals surface area contributed by atoms with Crippen molar-refractivity contribution < 1.29 is 9.21 Å². The van der Waals surface area contributed by atoms with Crippen molar-refractivity contribution >= 4 is 29.1 Å². The van der Waals surface area contributed by atoms with Gasteiger partial charge in [0.25, 0.3) is 0 Å². The van der Waals surface area contributed by atoms with Crippen molar-refractivity contribution in [1.29, 1.82) is 5.26 Å². The first kappa shape index (κ1) is 22.7. The molecule has 1 aliphatic carbocycles. The number of hydrogen-bond donors (Lipinski definition) is 0. The molecule has 1 aromatic heterocycles. The van der Waals surface area contributed by atoms with Gasteiger partial charge in [-0.05, 0) is 30.5 Å². The second kappa shape index (κ2) is 10.4. The van der Waals surface area contributed by atoms with Crippen LogP contribution in [0.1, 0.15) is 37.1 Å². The molecule has 1 saturated heterocycles. The molecule has 2 aromatic rings. The summed E-state index contributed by atoms with van der Waals surface area (Å²) in [5.74, 6) is 1.01. The number of ketones is 1. The number of Topliss-reactive ketones (excluding diaryl/α,β-unsaturated/α-hetero) is 1. The molecule has 1 aromatic carbocycles. The highest BCUT2D eigenvalue weighted by Gasteiger charge is 2.26. The van der Waals surface area contributed by atoms with Gasteiger partial charge in [0.1, 0.15) is 12.2 Å². The molecule has 4 rings (SSSR count). The molecule has 0 bridgehead atoms. The van der Waals surface area contributed by atoms with Crippen LogP contribution in [0.5, 0.6) is 0 Å². The number of rotatable bonds is 8. The molecule has 0 N–H and O–H groups in total. The first-order valence-corrected chi connectivity index (χ1v) is 11.6. The lowest BCUT2D eigenvalue weighted by molar-refractivity contribution is -0.124. The third kappa shape index (κ3) is 5.47. The maximum Gasteiger partial charge on any atom is 0.322 e. The van der Waals surface area contributed by atoms with Gasteiger partial charge in [-0.2, -0.15) is 5.26 Å². The topological polar surface area (TPSA) is 89.5 Å². The second-order valence-corrected chi connectivity index (χ2v) is 9.08. The van der Waals surface area contributed by atoms with Gasteiger partial charge in [0.05, 0.1) is 18.3 Å². The third-order valence-electron chi connectivity index (χ3n) is 6.43. The monoisotopic (exact) mass is 456 g/mol. The van der Waals surface area contributed by atoms with Crippen LogP contribution in [0, 0.1) is 17.2 Å². The fourth-order valence-corrected chi connectivity index (χ4v) is 4.72. The number of hydrogen-bond acceptors (Lipinski definition) is 8. The summed E-state index contributed by atoms with van der Waals surface area (Å²) >= 11 is 6.28. The highest BCUT2D eigenvalue weighted by atomic mass is 35.5. The highest BCUT2D eigenvalue weighted by Crippen LogP contribution is 2.30. The average molecular weight is 457 g/mol. The molecule has 32 heavy (non-hydrogen) atoms. The van der Waals surface area contributed by atoms with Gasteiger partial charge >= 0.3 is 6.01 Å². The molecule has 2 heterocycles. The van der Waals surface area contributed by atoms with Crippen molar-refractivity contribution in [2.75, 3.05) is 44.7 Å². The second-order valence-electron chi connectivity index (χ2n) is 8.65. The van der Waals surface area contributed by atoms with Gasteiger partial charge in [0.2, 0.25) is 5.89 Å². The number of halogens is 1. The summed E-state index contributed by atoms with van der Waals surface area (Å²) in [4.78, 5) is 19.0. The summed E-state index contributed by atoms with van der Waals surface area (Å²) in [6.45, 7) is 4.99. The molecule has 8 nitrogen and oxygen atoms in total. The molecule has 0 unspecified atom stereocenters. The molecule has 9 heteroatoms. The van der Waals surface area contributed by atoms with E-state index in [2.05, 4.69) is 20.0 Å². The summed E-state index contributed by atoms with van der Waals surface area (Å²) in [6, 6.07) is 8.15. The van der Waals surface area contributed by atoms with Gasteiger partial charge in [-0.25, -0.2) is 0 Å². The number of nitriles is 1. The average Bonchev–Trinajstić information content (AvgIpc) is 3.49. The van der Waals surface area contributed by atoms with Crippen LogP contribution < -0.4 is 4.90 Å². The Labute approximate surface area is 193 Å². The minimum absolute atomic E-state index is 0.0801. The van der Waals surface area contributed by atoms with Crippen molar-refractivity contribution in [2.45, 2.75) is 38.6 Å². The number of benzene rings is 1. The van der Waals surface area contributed by atoms with Gasteiger partial charge in [-0.15, -0.1) is 5.10 Å². The van der Waals surface area contributed by atoms with E-state index in [1.54, 1.807) is 0 Å². The Bertz CT molecular complexity index is 973. The first-order chi connectivity index (χ1) is 15.5. The molecule has 0 spiro atoms. The summed E-state index contributed by atoms with van der Waals surface area (Å²) < 4.78 is 5.60. The lowest BCUT2D eigenvalue weighted by Crippen LogP contribution is -2.48. The maximum atomic E-state index is 12.5. The minimum Gasteiger partial charge on any atom is -0.407 e. The zero-order valence-electron chi connectivity index (χ0n) is 18.5. The quantitative estimate of drug-likeness (QED) is 0.596. The van der Waals surface area contributed by atoms with E-state index in [1.807, 2.05) is 36.2 Å². The van der Waals surface area contributed by atoms with Crippen molar-refractivity contribution in [1.82, 2.24) is 20.0 Å². The number of carbonyl (C=O) groups is 1. The zero-order valence-corrected chi connectivity index (χ0v) is 19.2. The van der Waals surface area contributed by atoms with E-state index in [0.29, 0.717) is 35.2 Å². The van der Waals surface area contributed by atoms with Crippen LogP contribution in [0.25, 0.3) is 0 Å². The molecule has 1 saturated carbocycles. The number of anilines is 2. The molecule has 2 fully saturated rings. The molecule has 1 aliphatic heterocycles. The normalized spacial score (nSPS) is 18.0. The smallest absolute Gasteiger partial charge is 0.322 e. The van der Waals surface area contributed by atoms with Crippen molar-refractivity contribution in [2.24, 2.45) is 5.92 Å². The van der Waals surface area contributed by atoms with E-state index < -0.39 is 0 Å². The Kier molecular flexibility index (Phi) is 7.40. The van der Waals surface area contributed by atoms with Crippen molar-refractivity contribution in [3.8, 4) is 6.07 Å². The van der Waals surface area contributed by atoms with Gasteiger partial charge in [0.15, 0.2) is 0 Å². The Hall–Kier alpha value is -2.47. The van der Waals surface area contributed by atoms with E-state index in [0.717, 1.165) is 56.8 Å². The standard InChI is InChI=1S/C23H29ClN6O2/c1-28(23-27-26-22(32-23)8-9-25)20-14-19(24)7-6-18(20)15-29-10-12-30(13-11-29)16-21(31)17-4-2-3-5-17/h6-7,14,17H,2-5,8,10-13,15-16H2,1H3. The Morgan fingerprint density at radius 3 is 2.66 bits per heavy atom. The molecule has 170 valence electrons. The molecule has 2 aliphatic rings. The van der Waals surface area contributed by atoms with Crippen molar-refractivity contribution in [3.05, 3.63) is 34.7 Å². The van der Waals surface area contributed by atoms with E-state index in [1.165, 1.54) is 12.8 Å². The summed E-state index contributed by atoms with van der Waals surface area (Å²) in [7, 11) is 1.85. The maximum absolute atomic E-state index is 12.5. The number of piperazine rings is 1. The predicted molar refractivity (Wildman–Crippen MR) is 122 cm³/mol. The van der Waals surface area contributed by atoms with Crippen LogP contribution in [-0.4, -0.2) is 65.6 Å². The van der Waals surface area contributed by atoms with Gasteiger partial charge in [-0.1, -0.05) is 35.6 Å². The molecule has 0 atom stereocenters. The Morgan fingerprint density at radius 2 is 1.94 bits per heavy atom. The van der Waals surface area contributed by atoms with Gasteiger partial charge < -0.3 is 4.42 Å². The van der Waals surface area contributed by atoms with Gasteiger partial charge in [-0.3, -0.25) is 19.5 Å². The fraction of sp³-hybridized carbons (Fsp3) is 0.565. The number of aromatic nitrogens is 2. The van der Waals surface area contributed by atoms with Crippen LogP contribution in [0.3, 0.4) is 0 Å². The lowest BCUT2D eigenvalue weighted by Gasteiger charge is -2.35. The number of carbonyl (C=O) groups excluding carboxylic acids is 1. The summed E-state index contributed by atoms with van der Waals surface area (Å²) in [5.41, 5.74) is 2.00. The first-order valence-electron chi connectivity index (χ1n) is 11.2. The largest absolute Gasteiger partial charge is 0.407 e. The highest BCUT2D eigenvalue weighted by molar-refractivity contribution is 6.30.